The lowest BCUT2D eigenvalue weighted by molar-refractivity contribution is 0.668. The third-order valence-electron chi connectivity index (χ3n) is 15.5. The second-order valence-electron chi connectivity index (χ2n) is 19.6. The van der Waals surface area contributed by atoms with Gasteiger partial charge >= 0.3 is 0 Å². The molecule has 1 aliphatic rings. The fourth-order valence-corrected chi connectivity index (χ4v) is 12.1. The number of fused-ring (bicyclic) bond motifs is 10. The molecule has 3 nitrogen and oxygen atoms in total. The van der Waals surface area contributed by atoms with E-state index in [2.05, 4.69) is 254 Å². The molecule has 346 valence electrons. The van der Waals surface area contributed by atoms with Crippen molar-refractivity contribution in [3.8, 4) is 44.5 Å². The second kappa shape index (κ2) is 16.7. The molecule has 0 saturated heterocycles. The molecule has 12 aromatic carbocycles. The number of anilines is 3. The molecule has 2 aromatic heterocycles. The van der Waals surface area contributed by atoms with Crippen molar-refractivity contribution in [2.24, 2.45) is 0 Å². The van der Waals surface area contributed by atoms with Crippen LogP contribution in [0.25, 0.3) is 99.2 Å². The zero-order valence-corrected chi connectivity index (χ0v) is 40.2. The topological polar surface area (TPSA) is 29.5 Å². The quantitative estimate of drug-likeness (QED) is 0.152. The molecule has 0 radical (unpaired) electrons. The summed E-state index contributed by atoms with van der Waals surface area (Å²) in [6, 6.07) is 99.5. The van der Waals surface area contributed by atoms with Gasteiger partial charge in [-0.2, -0.15) is 0 Å². The van der Waals surface area contributed by atoms with Crippen LogP contribution in [0.15, 0.2) is 282 Å². The summed E-state index contributed by atoms with van der Waals surface area (Å²) in [6.07, 6.45) is 0. The number of hydrogen-bond acceptors (Lipinski definition) is 3. The van der Waals surface area contributed by atoms with Gasteiger partial charge in [0.2, 0.25) is 0 Å². The molecule has 0 unspecified atom stereocenters. The highest BCUT2D eigenvalue weighted by atomic mass is 16.3. The zero-order chi connectivity index (χ0) is 48.7. The Morgan fingerprint density at radius 2 is 0.716 bits per heavy atom. The molecule has 74 heavy (non-hydrogen) atoms. The van der Waals surface area contributed by atoms with Gasteiger partial charge < -0.3 is 13.7 Å². The van der Waals surface area contributed by atoms with Gasteiger partial charge in [0.05, 0.1) is 5.41 Å². The van der Waals surface area contributed by atoms with Crippen LogP contribution in [-0.4, -0.2) is 0 Å². The maximum absolute atomic E-state index is 6.29. The van der Waals surface area contributed by atoms with Gasteiger partial charge in [0, 0.05) is 38.6 Å². The predicted molar refractivity (Wildman–Crippen MR) is 307 cm³/mol. The Kier molecular flexibility index (Phi) is 9.48. The third kappa shape index (κ3) is 6.60. The standard InChI is InChI=1S/C71H45NO2/c1-3-17-54(18-4-1)71(55-19-5-2-6-20-55)65-24-12-9-21-59(65)60-36-35-58(45-66(60)71)72(57-34-29-46-15-7-8-16-48(46)42-57)56-32-27-47(28-33-56)51-39-52(49-30-37-69-63(43-49)61-22-10-13-25-67(61)73-69)41-53(40-51)50-31-38-70-64(44-50)62-23-11-14-26-68(62)74-70/h1-45H. The summed E-state index contributed by atoms with van der Waals surface area (Å²) in [4.78, 5) is 2.43. The molecular formula is C71H45NO2. The SMILES string of the molecule is c1ccc(C2(c3ccccc3)c3ccccc3-c3ccc(N(c4ccc(-c5cc(-c6ccc7oc8ccccc8c7c6)cc(-c6ccc7oc8ccccc8c7c6)c5)cc4)c4ccc5ccccc5c4)cc32)cc1. The van der Waals surface area contributed by atoms with Crippen molar-refractivity contribution in [1.29, 1.82) is 0 Å². The van der Waals surface area contributed by atoms with E-state index in [1.54, 1.807) is 0 Å². The third-order valence-corrected chi connectivity index (χ3v) is 15.5. The van der Waals surface area contributed by atoms with Crippen LogP contribution in [0.4, 0.5) is 17.1 Å². The fourth-order valence-electron chi connectivity index (χ4n) is 12.1. The van der Waals surface area contributed by atoms with Gasteiger partial charge in [0.25, 0.3) is 0 Å². The molecule has 0 aliphatic heterocycles. The Labute approximate surface area is 428 Å². The summed E-state index contributed by atoms with van der Waals surface area (Å²) < 4.78 is 12.6. The molecule has 0 bridgehead atoms. The monoisotopic (exact) mass is 943 g/mol. The fraction of sp³-hybridized carbons (Fsp3) is 0.0141. The average molecular weight is 944 g/mol. The van der Waals surface area contributed by atoms with Gasteiger partial charge in [-0.1, -0.05) is 182 Å². The Bertz CT molecular complexity index is 4320. The summed E-state index contributed by atoms with van der Waals surface area (Å²) in [5, 5.41) is 6.84. The number of nitrogens with zero attached hydrogens (tertiary/aromatic N) is 1. The lowest BCUT2D eigenvalue weighted by Crippen LogP contribution is -2.28. The van der Waals surface area contributed by atoms with E-state index in [4.69, 9.17) is 8.83 Å². The highest BCUT2D eigenvalue weighted by Gasteiger charge is 2.46. The van der Waals surface area contributed by atoms with E-state index in [0.717, 1.165) is 94.3 Å². The maximum Gasteiger partial charge on any atom is 0.135 e. The Hall–Kier alpha value is -9.70. The van der Waals surface area contributed by atoms with Crippen LogP contribution in [-0.2, 0) is 5.41 Å². The van der Waals surface area contributed by atoms with Crippen LogP contribution in [0.5, 0.6) is 0 Å². The van der Waals surface area contributed by atoms with Crippen LogP contribution in [0, 0.1) is 0 Å². The molecular weight excluding hydrogens is 899 g/mol. The Morgan fingerprint density at radius 3 is 1.35 bits per heavy atom. The Balaban J connectivity index is 0.902. The van der Waals surface area contributed by atoms with E-state index in [9.17, 15) is 0 Å². The second-order valence-corrected chi connectivity index (χ2v) is 19.6. The summed E-state index contributed by atoms with van der Waals surface area (Å²) in [7, 11) is 0. The minimum absolute atomic E-state index is 0.531. The van der Waals surface area contributed by atoms with Crippen LogP contribution in [0.3, 0.4) is 0 Å². The number of rotatable bonds is 8. The molecule has 1 aliphatic carbocycles. The van der Waals surface area contributed by atoms with Crippen molar-refractivity contribution in [3.63, 3.8) is 0 Å². The van der Waals surface area contributed by atoms with Crippen molar-refractivity contribution in [2.75, 3.05) is 4.90 Å². The molecule has 2 heterocycles. The van der Waals surface area contributed by atoms with E-state index in [1.807, 2.05) is 24.3 Å². The van der Waals surface area contributed by atoms with Crippen LogP contribution in [0.1, 0.15) is 22.3 Å². The van der Waals surface area contributed by atoms with Crippen molar-refractivity contribution in [3.05, 3.63) is 295 Å². The minimum atomic E-state index is -0.531. The van der Waals surface area contributed by atoms with Crippen LogP contribution >= 0.6 is 0 Å². The van der Waals surface area contributed by atoms with Gasteiger partial charge in [0.1, 0.15) is 22.3 Å². The van der Waals surface area contributed by atoms with Gasteiger partial charge in [-0.15, -0.1) is 0 Å². The number of para-hydroxylation sites is 2. The van der Waals surface area contributed by atoms with E-state index < -0.39 is 5.41 Å². The Morgan fingerprint density at radius 1 is 0.257 bits per heavy atom. The smallest absolute Gasteiger partial charge is 0.135 e. The molecule has 0 fully saturated rings. The van der Waals surface area contributed by atoms with Crippen molar-refractivity contribution in [1.82, 2.24) is 0 Å². The van der Waals surface area contributed by atoms with E-state index in [0.29, 0.717) is 0 Å². The highest BCUT2D eigenvalue weighted by molar-refractivity contribution is 6.08. The minimum Gasteiger partial charge on any atom is -0.456 e. The molecule has 0 amide bonds. The van der Waals surface area contributed by atoms with Crippen LogP contribution < -0.4 is 4.90 Å². The van der Waals surface area contributed by atoms with Gasteiger partial charge in [0.15, 0.2) is 0 Å². The summed E-state index contributed by atoms with van der Waals surface area (Å²) in [5.74, 6) is 0. The van der Waals surface area contributed by atoms with Crippen LogP contribution in [0.2, 0.25) is 0 Å². The lowest BCUT2D eigenvalue weighted by atomic mass is 9.67. The number of furan rings is 2. The first-order valence-corrected chi connectivity index (χ1v) is 25.4. The molecule has 0 spiro atoms. The van der Waals surface area contributed by atoms with E-state index in [1.165, 1.54) is 44.2 Å². The predicted octanol–water partition coefficient (Wildman–Crippen LogP) is 19.5. The summed E-state index contributed by atoms with van der Waals surface area (Å²) in [5.41, 5.74) is 20.6. The molecule has 0 atom stereocenters. The lowest BCUT2D eigenvalue weighted by Gasteiger charge is -2.35. The first kappa shape index (κ1) is 42.0. The average Bonchev–Trinajstić information content (AvgIpc) is 4.14. The molecule has 3 heteroatoms. The number of hydrogen-bond donors (Lipinski definition) is 0. The first-order chi connectivity index (χ1) is 36.6. The van der Waals surface area contributed by atoms with Gasteiger partial charge in [-0.25, -0.2) is 0 Å². The zero-order valence-electron chi connectivity index (χ0n) is 40.2. The maximum atomic E-state index is 6.29. The van der Waals surface area contributed by atoms with Gasteiger partial charge in [-0.3, -0.25) is 0 Å². The normalized spacial score (nSPS) is 12.7. The number of benzene rings is 12. The van der Waals surface area contributed by atoms with Crippen molar-refractivity contribution < 1.29 is 8.83 Å². The van der Waals surface area contributed by atoms with Gasteiger partial charge in [-0.05, 0) is 169 Å². The largest absolute Gasteiger partial charge is 0.456 e. The van der Waals surface area contributed by atoms with Crippen molar-refractivity contribution in [2.45, 2.75) is 5.41 Å². The summed E-state index contributed by atoms with van der Waals surface area (Å²) in [6.45, 7) is 0. The van der Waals surface area contributed by atoms with Crippen molar-refractivity contribution >= 4 is 71.7 Å². The molecule has 14 aromatic rings. The molecule has 0 N–H and O–H groups in total. The summed E-state index contributed by atoms with van der Waals surface area (Å²) >= 11 is 0. The molecule has 15 rings (SSSR count). The van der Waals surface area contributed by atoms with E-state index >= 15 is 0 Å². The molecule has 0 saturated carbocycles. The highest BCUT2D eigenvalue weighted by Crippen LogP contribution is 2.57. The first-order valence-electron chi connectivity index (χ1n) is 25.4. The van der Waals surface area contributed by atoms with E-state index in [-0.39, 0.29) is 0 Å².